The van der Waals surface area contributed by atoms with Crippen LogP contribution in [0.4, 0.5) is 13.2 Å². The molecule has 0 bridgehead atoms. The van der Waals surface area contributed by atoms with Crippen LogP contribution in [-0.4, -0.2) is 21.6 Å². The molecule has 0 saturated heterocycles. The molecule has 4 nitrogen and oxygen atoms in total. The lowest BCUT2D eigenvalue weighted by Gasteiger charge is -2.25. The lowest BCUT2D eigenvalue weighted by Crippen LogP contribution is -2.38. The molecule has 0 unspecified atom stereocenters. The highest BCUT2D eigenvalue weighted by atomic mass is 32.1. The van der Waals surface area contributed by atoms with Crippen molar-refractivity contribution >= 4 is 21.6 Å². The first-order valence-electron chi connectivity index (χ1n) is 9.64. The molecule has 4 rings (SSSR count). The summed E-state index contributed by atoms with van der Waals surface area (Å²) in [6, 6.07) is 5.87. The number of rotatable bonds is 4. The minimum Gasteiger partial charge on any atom is -0.311 e. The second kappa shape index (κ2) is 7.57. The van der Waals surface area contributed by atoms with E-state index in [0.29, 0.717) is 27.9 Å². The smallest absolute Gasteiger partial charge is 0.311 e. The number of hydrogen-bond donors (Lipinski definition) is 1. The Labute approximate surface area is 170 Å². The SMILES string of the molecule is CC(C)N[C@H]1CCc2c(sc3ncn(Cc4cccc(C(F)(F)F)c4)c(=O)c23)C1. The minimum absolute atomic E-state index is 0.0633. The highest BCUT2D eigenvalue weighted by Crippen LogP contribution is 2.34. The number of benzene rings is 1. The van der Waals surface area contributed by atoms with Gasteiger partial charge in [-0.25, -0.2) is 4.98 Å². The lowest BCUT2D eigenvalue weighted by atomic mass is 9.92. The Morgan fingerprint density at radius 2 is 2.14 bits per heavy atom. The van der Waals surface area contributed by atoms with Crippen LogP contribution in [0.2, 0.25) is 0 Å². The summed E-state index contributed by atoms with van der Waals surface area (Å²) < 4.78 is 40.3. The molecule has 1 aromatic carbocycles. The molecule has 29 heavy (non-hydrogen) atoms. The second-order valence-electron chi connectivity index (χ2n) is 7.82. The molecule has 2 heterocycles. The van der Waals surface area contributed by atoms with Gasteiger partial charge in [0.15, 0.2) is 0 Å². The molecule has 0 spiro atoms. The number of thiophene rings is 1. The van der Waals surface area contributed by atoms with Gasteiger partial charge in [0.2, 0.25) is 0 Å². The highest BCUT2D eigenvalue weighted by molar-refractivity contribution is 7.18. The Morgan fingerprint density at radius 3 is 2.86 bits per heavy atom. The van der Waals surface area contributed by atoms with Gasteiger partial charge in [-0.05, 0) is 42.5 Å². The zero-order valence-electron chi connectivity index (χ0n) is 16.2. The standard InChI is InChI=1S/C21H22F3N3OS/c1-12(2)26-15-6-7-16-17(9-15)29-19-18(16)20(28)27(11-25-19)10-13-4-3-5-14(8-13)21(22,23)24/h3-5,8,11-12,15,26H,6-7,9-10H2,1-2H3/t15-/m0/s1. The molecule has 1 aliphatic rings. The fourth-order valence-electron chi connectivity index (χ4n) is 3.97. The van der Waals surface area contributed by atoms with Gasteiger partial charge < -0.3 is 5.32 Å². The Morgan fingerprint density at radius 1 is 1.34 bits per heavy atom. The van der Waals surface area contributed by atoms with Gasteiger partial charge in [0, 0.05) is 17.0 Å². The van der Waals surface area contributed by atoms with E-state index in [4.69, 9.17) is 0 Å². The number of hydrogen-bond acceptors (Lipinski definition) is 4. The van der Waals surface area contributed by atoms with Crippen molar-refractivity contribution in [2.45, 2.75) is 57.9 Å². The first-order chi connectivity index (χ1) is 13.7. The van der Waals surface area contributed by atoms with Crippen molar-refractivity contribution in [3.63, 3.8) is 0 Å². The molecule has 154 valence electrons. The molecule has 8 heteroatoms. The minimum atomic E-state index is -4.41. The summed E-state index contributed by atoms with van der Waals surface area (Å²) in [5.41, 5.74) is 0.588. The summed E-state index contributed by atoms with van der Waals surface area (Å²) in [4.78, 5) is 19.4. The van der Waals surface area contributed by atoms with Gasteiger partial charge in [0.25, 0.3) is 5.56 Å². The Kier molecular flexibility index (Phi) is 5.25. The predicted molar refractivity (Wildman–Crippen MR) is 109 cm³/mol. The number of aryl methyl sites for hydroxylation is 1. The van der Waals surface area contributed by atoms with Crippen molar-refractivity contribution < 1.29 is 13.2 Å². The van der Waals surface area contributed by atoms with Crippen LogP contribution in [0.25, 0.3) is 10.2 Å². The molecule has 0 aliphatic heterocycles. The van der Waals surface area contributed by atoms with Crippen LogP contribution in [-0.2, 0) is 25.6 Å². The van der Waals surface area contributed by atoms with E-state index in [1.54, 1.807) is 17.4 Å². The molecule has 0 fully saturated rings. The topological polar surface area (TPSA) is 46.9 Å². The van der Waals surface area contributed by atoms with E-state index in [2.05, 4.69) is 24.1 Å². The molecular weight excluding hydrogens is 399 g/mol. The van der Waals surface area contributed by atoms with Crippen LogP contribution in [0.3, 0.4) is 0 Å². The van der Waals surface area contributed by atoms with Gasteiger partial charge in [0.1, 0.15) is 4.83 Å². The van der Waals surface area contributed by atoms with Crippen LogP contribution >= 0.6 is 11.3 Å². The molecule has 2 aromatic heterocycles. The number of halogens is 3. The molecule has 1 N–H and O–H groups in total. The molecule has 0 saturated carbocycles. The largest absolute Gasteiger partial charge is 0.416 e. The van der Waals surface area contributed by atoms with Crippen LogP contribution in [0.5, 0.6) is 0 Å². The number of aromatic nitrogens is 2. The maximum atomic E-state index is 13.1. The second-order valence-corrected chi connectivity index (χ2v) is 8.90. The first-order valence-corrected chi connectivity index (χ1v) is 10.5. The lowest BCUT2D eigenvalue weighted by molar-refractivity contribution is -0.137. The van der Waals surface area contributed by atoms with Crippen molar-refractivity contribution in [3.8, 4) is 0 Å². The van der Waals surface area contributed by atoms with Gasteiger partial charge in [-0.15, -0.1) is 11.3 Å². The molecular formula is C21H22F3N3OS. The summed E-state index contributed by atoms with van der Waals surface area (Å²) in [5.74, 6) is 0. The predicted octanol–water partition coefficient (Wildman–Crippen LogP) is 4.38. The van der Waals surface area contributed by atoms with Crippen molar-refractivity contribution in [2.24, 2.45) is 0 Å². The number of fused-ring (bicyclic) bond motifs is 3. The normalized spacial score (nSPS) is 17.1. The van der Waals surface area contributed by atoms with E-state index in [1.165, 1.54) is 21.8 Å². The Hall–Kier alpha value is -2.19. The first kappa shape index (κ1) is 20.1. The van der Waals surface area contributed by atoms with Crippen molar-refractivity contribution in [1.29, 1.82) is 0 Å². The number of nitrogens with one attached hydrogen (secondary N) is 1. The van der Waals surface area contributed by atoms with Gasteiger partial charge in [-0.1, -0.05) is 26.0 Å². The van der Waals surface area contributed by atoms with Gasteiger partial charge in [0.05, 0.1) is 23.8 Å². The summed E-state index contributed by atoms with van der Waals surface area (Å²) in [5, 5.41) is 4.18. The molecule has 1 atom stereocenters. The fraction of sp³-hybridized carbons (Fsp3) is 0.429. The van der Waals surface area contributed by atoms with Crippen LogP contribution in [0.15, 0.2) is 35.4 Å². The number of alkyl halides is 3. The van der Waals surface area contributed by atoms with E-state index in [1.807, 2.05) is 0 Å². The van der Waals surface area contributed by atoms with E-state index >= 15 is 0 Å². The Bertz CT molecular complexity index is 1100. The monoisotopic (exact) mass is 421 g/mol. The molecule has 3 aromatic rings. The van der Waals surface area contributed by atoms with Crippen molar-refractivity contribution in [3.05, 3.63) is 62.5 Å². The van der Waals surface area contributed by atoms with Gasteiger partial charge in [-0.3, -0.25) is 9.36 Å². The van der Waals surface area contributed by atoms with Crippen LogP contribution in [0.1, 0.15) is 41.8 Å². The average molecular weight is 421 g/mol. The third kappa shape index (κ3) is 4.09. The van der Waals surface area contributed by atoms with E-state index in [-0.39, 0.29) is 12.1 Å². The van der Waals surface area contributed by atoms with E-state index in [9.17, 15) is 18.0 Å². The summed E-state index contributed by atoms with van der Waals surface area (Å²) in [7, 11) is 0. The van der Waals surface area contributed by atoms with Crippen LogP contribution in [0, 0.1) is 0 Å². The third-order valence-corrected chi connectivity index (χ3v) is 6.37. The maximum absolute atomic E-state index is 13.1. The Balaban J connectivity index is 1.67. The summed E-state index contributed by atoms with van der Waals surface area (Å²) in [6.07, 6.45) is -0.322. The summed E-state index contributed by atoms with van der Waals surface area (Å²) in [6.45, 7) is 4.30. The van der Waals surface area contributed by atoms with Gasteiger partial charge >= 0.3 is 6.18 Å². The molecule has 1 aliphatic carbocycles. The van der Waals surface area contributed by atoms with Crippen molar-refractivity contribution in [2.75, 3.05) is 0 Å². The van der Waals surface area contributed by atoms with Crippen molar-refractivity contribution in [1.82, 2.24) is 14.9 Å². The fourth-order valence-corrected chi connectivity index (χ4v) is 5.23. The van der Waals surface area contributed by atoms with E-state index in [0.717, 1.165) is 37.0 Å². The van der Waals surface area contributed by atoms with Gasteiger partial charge in [-0.2, -0.15) is 13.2 Å². The zero-order chi connectivity index (χ0) is 20.8. The quantitative estimate of drug-likeness (QED) is 0.680. The zero-order valence-corrected chi connectivity index (χ0v) is 17.0. The highest BCUT2D eigenvalue weighted by Gasteiger charge is 2.30. The molecule has 0 amide bonds. The van der Waals surface area contributed by atoms with Crippen LogP contribution < -0.4 is 10.9 Å². The average Bonchev–Trinajstić information content (AvgIpc) is 3.01. The summed E-state index contributed by atoms with van der Waals surface area (Å²) >= 11 is 1.55. The number of nitrogens with zero attached hydrogens (tertiary/aromatic N) is 2. The van der Waals surface area contributed by atoms with E-state index < -0.39 is 11.7 Å². The molecule has 0 radical (unpaired) electrons. The maximum Gasteiger partial charge on any atom is 0.416 e. The third-order valence-electron chi connectivity index (χ3n) is 5.21.